The van der Waals surface area contributed by atoms with E-state index in [2.05, 4.69) is 4.98 Å². The largest absolute Gasteiger partial charge is 0.857 e. The molecule has 0 radical (unpaired) electrons. The summed E-state index contributed by atoms with van der Waals surface area (Å²) in [6.07, 6.45) is 0.717. The minimum atomic E-state index is -1.30. The van der Waals surface area contributed by atoms with Crippen LogP contribution in [0.1, 0.15) is 5.69 Å². The maximum absolute atomic E-state index is 12.2. The van der Waals surface area contributed by atoms with Gasteiger partial charge in [-0.1, -0.05) is 0 Å². The van der Waals surface area contributed by atoms with Crippen molar-refractivity contribution >= 4 is 5.90 Å². The van der Waals surface area contributed by atoms with Crippen LogP contribution in [-0.4, -0.2) is 15.9 Å². The van der Waals surface area contributed by atoms with Gasteiger partial charge in [-0.25, -0.2) is 4.98 Å². The molecule has 0 unspecified atom stereocenters. The van der Waals surface area contributed by atoms with Gasteiger partial charge in [-0.05, 0) is 0 Å². The van der Waals surface area contributed by atoms with Crippen molar-refractivity contribution in [2.75, 3.05) is 0 Å². The Balaban J connectivity index is 3.35. The third-order valence-electron chi connectivity index (χ3n) is 0.971. The van der Waals surface area contributed by atoms with Crippen LogP contribution < -0.4 is 10.7 Å². The molecule has 11 heavy (non-hydrogen) atoms. The Bertz CT molecular complexity index is 346. The van der Waals surface area contributed by atoms with E-state index in [-0.39, 0.29) is 0 Å². The molecule has 1 aromatic rings. The minimum Gasteiger partial charge on any atom is -0.857 e. The quantitative estimate of drug-likeness (QED) is 0.386. The smallest absolute Gasteiger partial charge is 0.274 e. The number of hydrogen-bond acceptors (Lipinski definition) is 4. The molecule has 6 heteroatoms. The van der Waals surface area contributed by atoms with E-state index in [4.69, 9.17) is 5.41 Å². The Morgan fingerprint density at radius 3 is 2.91 bits per heavy atom. The highest BCUT2D eigenvalue weighted by molar-refractivity contribution is 5.84. The standard InChI is InChI=1S/C5H4FN3O2/c6-2-1-8-5(11)3(9-2)4(7)10/h1H,(H2,7,10)(H,8,11)/p-1. The second kappa shape index (κ2) is 2.49. The third-order valence-corrected chi connectivity index (χ3v) is 0.971. The number of aromatic amines is 1. The highest BCUT2D eigenvalue weighted by atomic mass is 19.1. The molecule has 0 saturated heterocycles. The van der Waals surface area contributed by atoms with Crippen molar-refractivity contribution in [3.8, 4) is 0 Å². The van der Waals surface area contributed by atoms with Gasteiger partial charge in [-0.3, -0.25) is 4.79 Å². The van der Waals surface area contributed by atoms with Gasteiger partial charge in [0.25, 0.3) is 5.56 Å². The van der Waals surface area contributed by atoms with Crippen LogP contribution in [0.4, 0.5) is 4.39 Å². The van der Waals surface area contributed by atoms with E-state index in [1.165, 1.54) is 0 Å². The highest BCUT2D eigenvalue weighted by Crippen LogP contribution is 1.86. The van der Waals surface area contributed by atoms with Crippen LogP contribution in [0.3, 0.4) is 0 Å². The zero-order chi connectivity index (χ0) is 8.43. The van der Waals surface area contributed by atoms with Crippen molar-refractivity contribution in [1.29, 1.82) is 5.41 Å². The van der Waals surface area contributed by atoms with Gasteiger partial charge in [0.15, 0.2) is 0 Å². The van der Waals surface area contributed by atoms with E-state index in [0.717, 1.165) is 6.20 Å². The SMILES string of the molecule is N=C([O-])c1nc(F)c[nH]c1=O. The molecule has 1 aromatic heterocycles. The molecule has 58 valence electrons. The van der Waals surface area contributed by atoms with Crippen molar-refractivity contribution in [1.82, 2.24) is 9.97 Å². The summed E-state index contributed by atoms with van der Waals surface area (Å²) in [5.74, 6) is -2.29. The van der Waals surface area contributed by atoms with Crippen LogP contribution in [0.15, 0.2) is 11.0 Å². The maximum Gasteiger partial charge on any atom is 0.274 e. The average Bonchev–Trinajstić information content (AvgIpc) is 1.94. The summed E-state index contributed by atoms with van der Waals surface area (Å²) in [4.78, 5) is 15.4. The maximum atomic E-state index is 12.2. The number of rotatable bonds is 1. The molecule has 0 fully saturated rings. The predicted molar refractivity (Wildman–Crippen MR) is 31.6 cm³/mol. The summed E-state index contributed by atoms with van der Waals surface area (Å²) < 4.78 is 12.2. The molecule has 0 atom stereocenters. The van der Waals surface area contributed by atoms with Crippen LogP contribution in [0.5, 0.6) is 0 Å². The second-order valence-corrected chi connectivity index (χ2v) is 1.73. The molecule has 0 saturated carbocycles. The fourth-order valence-electron chi connectivity index (χ4n) is 0.537. The number of hydrogen-bond donors (Lipinski definition) is 2. The van der Waals surface area contributed by atoms with Crippen LogP contribution in [0.2, 0.25) is 0 Å². The van der Waals surface area contributed by atoms with E-state index in [1.54, 1.807) is 0 Å². The van der Waals surface area contributed by atoms with E-state index in [0.29, 0.717) is 0 Å². The first-order valence-electron chi connectivity index (χ1n) is 2.62. The van der Waals surface area contributed by atoms with E-state index in [1.807, 2.05) is 4.98 Å². The van der Waals surface area contributed by atoms with Gasteiger partial charge in [0.05, 0.1) is 6.20 Å². The first-order chi connectivity index (χ1) is 5.11. The predicted octanol–water partition coefficient (Wildman–Crippen LogP) is -1.41. The van der Waals surface area contributed by atoms with E-state index in [9.17, 15) is 14.3 Å². The molecule has 0 aliphatic rings. The van der Waals surface area contributed by atoms with Crippen molar-refractivity contribution < 1.29 is 9.50 Å². The Hall–Kier alpha value is -1.72. The highest BCUT2D eigenvalue weighted by Gasteiger charge is 2.00. The summed E-state index contributed by atoms with van der Waals surface area (Å²) in [6, 6.07) is 0. The first-order valence-corrected chi connectivity index (χ1v) is 2.62. The van der Waals surface area contributed by atoms with Gasteiger partial charge in [0, 0.05) is 5.90 Å². The zero-order valence-corrected chi connectivity index (χ0v) is 5.22. The van der Waals surface area contributed by atoms with Gasteiger partial charge in [0.2, 0.25) is 5.95 Å². The molecular formula is C5H3FN3O2-. The average molecular weight is 156 g/mol. The number of nitrogens with zero attached hydrogens (tertiary/aromatic N) is 1. The lowest BCUT2D eigenvalue weighted by atomic mass is 10.4. The zero-order valence-electron chi connectivity index (χ0n) is 5.22. The molecular weight excluding hydrogens is 153 g/mol. The van der Waals surface area contributed by atoms with Crippen LogP contribution in [0.25, 0.3) is 0 Å². The Kier molecular flexibility index (Phi) is 1.67. The van der Waals surface area contributed by atoms with Gasteiger partial charge in [-0.2, -0.15) is 4.39 Å². The summed E-state index contributed by atoms with van der Waals surface area (Å²) in [5.41, 5.74) is -1.59. The first kappa shape index (κ1) is 7.39. The van der Waals surface area contributed by atoms with E-state index < -0.39 is 23.1 Å². The van der Waals surface area contributed by atoms with E-state index >= 15 is 0 Å². The summed E-state index contributed by atoms with van der Waals surface area (Å²) >= 11 is 0. The summed E-state index contributed by atoms with van der Waals surface area (Å²) in [6.45, 7) is 0. The topological polar surface area (TPSA) is 92.7 Å². The van der Waals surface area contributed by atoms with Gasteiger partial charge in [-0.15, -0.1) is 0 Å². The van der Waals surface area contributed by atoms with Crippen molar-refractivity contribution in [3.05, 3.63) is 28.2 Å². The van der Waals surface area contributed by atoms with Crippen LogP contribution in [-0.2, 0) is 0 Å². The lowest BCUT2D eigenvalue weighted by molar-refractivity contribution is -0.215. The van der Waals surface area contributed by atoms with Crippen molar-refractivity contribution in [2.45, 2.75) is 0 Å². The molecule has 1 rings (SSSR count). The molecule has 0 aromatic carbocycles. The number of aromatic nitrogens is 2. The molecule has 5 nitrogen and oxygen atoms in total. The normalized spacial score (nSPS) is 9.55. The molecule has 0 amide bonds. The van der Waals surface area contributed by atoms with Gasteiger partial charge >= 0.3 is 0 Å². The number of halogens is 1. The fraction of sp³-hybridized carbons (Fsp3) is 0. The lowest BCUT2D eigenvalue weighted by Crippen LogP contribution is -2.28. The van der Waals surface area contributed by atoms with Gasteiger partial charge in [0.1, 0.15) is 5.69 Å². The molecule has 0 bridgehead atoms. The monoisotopic (exact) mass is 156 g/mol. The Labute approximate surface area is 60.0 Å². The fourth-order valence-corrected chi connectivity index (χ4v) is 0.537. The number of H-pyrrole nitrogens is 1. The Morgan fingerprint density at radius 2 is 2.45 bits per heavy atom. The summed E-state index contributed by atoms with van der Waals surface area (Å²) in [5, 5.41) is 16.7. The van der Waals surface area contributed by atoms with Crippen LogP contribution >= 0.6 is 0 Å². The molecule has 2 N–H and O–H groups in total. The minimum absolute atomic E-state index is 0.717. The number of nitrogens with one attached hydrogen (secondary N) is 2. The van der Waals surface area contributed by atoms with Gasteiger partial charge < -0.3 is 15.5 Å². The van der Waals surface area contributed by atoms with Crippen molar-refractivity contribution in [3.63, 3.8) is 0 Å². The van der Waals surface area contributed by atoms with Crippen molar-refractivity contribution in [2.24, 2.45) is 0 Å². The summed E-state index contributed by atoms with van der Waals surface area (Å²) in [7, 11) is 0. The molecule has 0 aliphatic heterocycles. The van der Waals surface area contributed by atoms with Crippen LogP contribution in [0, 0.1) is 11.4 Å². The molecule has 1 heterocycles. The molecule has 0 spiro atoms. The second-order valence-electron chi connectivity index (χ2n) is 1.73. The molecule has 0 aliphatic carbocycles. The third kappa shape index (κ3) is 1.40. The lowest BCUT2D eigenvalue weighted by Gasteiger charge is -2.02. The Morgan fingerprint density at radius 1 is 1.82 bits per heavy atom.